The van der Waals surface area contributed by atoms with Gasteiger partial charge in [-0.05, 0) is 57.9 Å². The lowest BCUT2D eigenvalue weighted by atomic mass is 9.95. The Morgan fingerprint density at radius 2 is 1.71 bits per heavy atom. The first kappa shape index (κ1) is 21.0. The number of nitrogen functional groups attached to an aromatic ring is 1. The molecule has 2 heterocycles. The number of aromatic nitrogens is 3. The van der Waals surface area contributed by atoms with Crippen molar-refractivity contribution in [2.24, 2.45) is 0 Å². The zero-order valence-corrected chi connectivity index (χ0v) is 18.3. The number of carbonyl (C=O) groups is 1. The van der Waals surface area contributed by atoms with E-state index in [4.69, 9.17) is 15.5 Å². The van der Waals surface area contributed by atoms with Gasteiger partial charge in [-0.1, -0.05) is 31.4 Å². The predicted octanol–water partition coefficient (Wildman–Crippen LogP) is 4.51. The van der Waals surface area contributed by atoms with E-state index in [0.29, 0.717) is 22.5 Å². The molecular weight excluding hydrogens is 390 g/mol. The average molecular weight is 420 g/mol. The molecule has 0 aliphatic heterocycles. The lowest BCUT2D eigenvalue weighted by Gasteiger charge is -2.22. The minimum absolute atomic E-state index is 0.0188. The Hall–Kier alpha value is -3.22. The highest BCUT2D eigenvalue weighted by Gasteiger charge is 2.19. The van der Waals surface area contributed by atoms with E-state index in [9.17, 15) is 4.79 Å². The standard InChI is InChI=1S/C24H29N5O2/c1-24(2,3)31-22-20-19(28-23(25)29-22)14-13-18(27-20)15-9-11-16(12-10-15)21(30)26-17-7-5-4-6-8-17/h9-14,17H,4-8H2,1-3H3,(H,26,30)(H2,25,28,29). The van der Waals surface area contributed by atoms with E-state index >= 15 is 0 Å². The SMILES string of the molecule is CC(C)(C)Oc1nc(N)nc2ccc(-c3ccc(C(=O)NC4CCCCC4)cc3)nc12. The second-order valence-corrected chi connectivity index (χ2v) is 9.05. The molecule has 1 saturated carbocycles. The van der Waals surface area contributed by atoms with Gasteiger partial charge in [-0.15, -0.1) is 0 Å². The normalized spacial score (nSPS) is 15.1. The molecule has 7 heteroatoms. The maximum absolute atomic E-state index is 12.6. The fourth-order valence-corrected chi connectivity index (χ4v) is 3.83. The van der Waals surface area contributed by atoms with E-state index in [0.717, 1.165) is 24.1 Å². The zero-order valence-electron chi connectivity index (χ0n) is 18.3. The van der Waals surface area contributed by atoms with Gasteiger partial charge in [0.15, 0.2) is 5.52 Å². The molecule has 0 spiro atoms. The van der Waals surface area contributed by atoms with Crippen LogP contribution in [0.5, 0.6) is 5.88 Å². The number of nitrogens with one attached hydrogen (secondary N) is 1. The number of ether oxygens (including phenoxy) is 1. The molecule has 2 aromatic heterocycles. The number of fused-ring (bicyclic) bond motifs is 1. The second-order valence-electron chi connectivity index (χ2n) is 9.05. The van der Waals surface area contributed by atoms with Crippen LogP contribution < -0.4 is 15.8 Å². The van der Waals surface area contributed by atoms with E-state index in [2.05, 4.69) is 15.3 Å². The molecule has 1 aliphatic rings. The van der Waals surface area contributed by atoms with Crippen molar-refractivity contribution in [1.29, 1.82) is 0 Å². The van der Waals surface area contributed by atoms with Gasteiger partial charge in [0.25, 0.3) is 5.91 Å². The molecule has 0 saturated heterocycles. The van der Waals surface area contributed by atoms with Crippen molar-refractivity contribution in [2.75, 3.05) is 5.73 Å². The van der Waals surface area contributed by atoms with Crippen molar-refractivity contribution >= 4 is 22.9 Å². The number of nitrogens with zero attached hydrogens (tertiary/aromatic N) is 3. The fourth-order valence-electron chi connectivity index (χ4n) is 3.83. The molecule has 1 aromatic carbocycles. The Morgan fingerprint density at radius 3 is 2.39 bits per heavy atom. The molecule has 31 heavy (non-hydrogen) atoms. The highest BCUT2D eigenvalue weighted by Crippen LogP contribution is 2.28. The van der Waals surface area contributed by atoms with Gasteiger partial charge in [0.05, 0.1) is 11.2 Å². The van der Waals surface area contributed by atoms with Crippen LogP contribution in [-0.2, 0) is 0 Å². The first-order valence-electron chi connectivity index (χ1n) is 10.8. The molecule has 0 unspecified atom stereocenters. The molecular formula is C24H29N5O2. The van der Waals surface area contributed by atoms with Gasteiger partial charge < -0.3 is 15.8 Å². The summed E-state index contributed by atoms with van der Waals surface area (Å²) in [5.41, 5.74) is 8.87. The topological polar surface area (TPSA) is 103 Å². The van der Waals surface area contributed by atoms with E-state index in [1.165, 1.54) is 19.3 Å². The first-order chi connectivity index (χ1) is 14.8. The average Bonchev–Trinajstić information content (AvgIpc) is 2.73. The van der Waals surface area contributed by atoms with Gasteiger partial charge in [0.1, 0.15) is 5.60 Å². The summed E-state index contributed by atoms with van der Waals surface area (Å²) >= 11 is 0. The predicted molar refractivity (Wildman–Crippen MR) is 122 cm³/mol. The highest BCUT2D eigenvalue weighted by atomic mass is 16.5. The van der Waals surface area contributed by atoms with Gasteiger partial charge in [-0.2, -0.15) is 4.98 Å². The van der Waals surface area contributed by atoms with Crippen molar-refractivity contribution in [3.63, 3.8) is 0 Å². The lowest BCUT2D eigenvalue weighted by Crippen LogP contribution is -2.36. The van der Waals surface area contributed by atoms with E-state index < -0.39 is 5.60 Å². The van der Waals surface area contributed by atoms with E-state index in [1.54, 1.807) is 0 Å². The quantitative estimate of drug-likeness (QED) is 0.645. The molecule has 1 amide bonds. The Balaban J connectivity index is 1.59. The molecule has 162 valence electrons. The molecule has 3 N–H and O–H groups in total. The van der Waals surface area contributed by atoms with Gasteiger partial charge in [-0.25, -0.2) is 9.97 Å². The number of carbonyl (C=O) groups excluding carboxylic acids is 1. The third-order valence-corrected chi connectivity index (χ3v) is 5.31. The van der Waals surface area contributed by atoms with Crippen molar-refractivity contribution in [3.8, 4) is 17.1 Å². The number of amides is 1. The molecule has 0 atom stereocenters. The van der Waals surface area contributed by atoms with Gasteiger partial charge in [0, 0.05) is 17.2 Å². The molecule has 0 bridgehead atoms. The summed E-state index contributed by atoms with van der Waals surface area (Å²) in [5.74, 6) is 0.490. The zero-order chi connectivity index (χ0) is 22.0. The second kappa shape index (κ2) is 8.49. The van der Waals surface area contributed by atoms with Crippen molar-refractivity contribution < 1.29 is 9.53 Å². The summed E-state index contributed by atoms with van der Waals surface area (Å²) in [4.78, 5) is 25.8. The summed E-state index contributed by atoms with van der Waals surface area (Å²) in [6, 6.07) is 11.5. The highest BCUT2D eigenvalue weighted by molar-refractivity contribution is 5.95. The monoisotopic (exact) mass is 419 g/mol. The minimum atomic E-state index is -0.446. The maximum Gasteiger partial charge on any atom is 0.251 e. The van der Waals surface area contributed by atoms with Crippen LogP contribution in [0.2, 0.25) is 0 Å². The van der Waals surface area contributed by atoms with E-state index in [-0.39, 0.29) is 17.9 Å². The van der Waals surface area contributed by atoms with Crippen LogP contribution >= 0.6 is 0 Å². The molecule has 7 nitrogen and oxygen atoms in total. The third-order valence-electron chi connectivity index (χ3n) is 5.31. The number of pyridine rings is 1. The van der Waals surface area contributed by atoms with Crippen LogP contribution in [0.4, 0.5) is 5.95 Å². The minimum Gasteiger partial charge on any atom is -0.470 e. The summed E-state index contributed by atoms with van der Waals surface area (Å²) < 4.78 is 5.96. The molecule has 4 rings (SSSR count). The van der Waals surface area contributed by atoms with Crippen molar-refractivity contribution in [2.45, 2.75) is 64.5 Å². The van der Waals surface area contributed by atoms with Gasteiger partial charge >= 0.3 is 0 Å². The summed E-state index contributed by atoms with van der Waals surface area (Å²) in [7, 11) is 0. The number of anilines is 1. The lowest BCUT2D eigenvalue weighted by molar-refractivity contribution is 0.0927. The van der Waals surface area contributed by atoms with Crippen LogP contribution in [0.25, 0.3) is 22.3 Å². The Morgan fingerprint density at radius 1 is 1.00 bits per heavy atom. The number of benzene rings is 1. The first-order valence-corrected chi connectivity index (χ1v) is 10.8. The number of rotatable bonds is 4. The van der Waals surface area contributed by atoms with Gasteiger partial charge in [0.2, 0.25) is 11.8 Å². The van der Waals surface area contributed by atoms with Crippen LogP contribution in [0.3, 0.4) is 0 Å². The largest absolute Gasteiger partial charge is 0.470 e. The number of nitrogens with two attached hydrogens (primary N) is 1. The molecule has 1 aliphatic carbocycles. The number of hydrogen-bond acceptors (Lipinski definition) is 6. The van der Waals surface area contributed by atoms with Crippen LogP contribution in [0, 0.1) is 0 Å². The Kier molecular flexibility index (Phi) is 5.76. The van der Waals surface area contributed by atoms with E-state index in [1.807, 2.05) is 57.2 Å². The van der Waals surface area contributed by atoms with Crippen LogP contribution in [-0.4, -0.2) is 32.5 Å². The molecule has 3 aromatic rings. The van der Waals surface area contributed by atoms with Crippen molar-refractivity contribution in [1.82, 2.24) is 20.3 Å². The fraction of sp³-hybridized carbons (Fsp3) is 0.417. The summed E-state index contributed by atoms with van der Waals surface area (Å²) in [5, 5.41) is 3.15. The Bertz CT molecular complexity index is 1080. The molecule has 0 radical (unpaired) electrons. The van der Waals surface area contributed by atoms with Crippen LogP contribution in [0.1, 0.15) is 63.2 Å². The maximum atomic E-state index is 12.6. The smallest absolute Gasteiger partial charge is 0.251 e. The number of hydrogen-bond donors (Lipinski definition) is 2. The van der Waals surface area contributed by atoms with Gasteiger partial charge in [-0.3, -0.25) is 4.79 Å². The summed E-state index contributed by atoms with van der Waals surface area (Å²) in [6.45, 7) is 5.83. The van der Waals surface area contributed by atoms with Crippen molar-refractivity contribution in [3.05, 3.63) is 42.0 Å². The third kappa shape index (κ3) is 5.10. The molecule has 1 fully saturated rings. The Labute approximate surface area is 182 Å². The van der Waals surface area contributed by atoms with Crippen LogP contribution in [0.15, 0.2) is 36.4 Å². The summed E-state index contributed by atoms with van der Waals surface area (Å²) in [6.07, 6.45) is 5.77.